The number of carbonyl (C=O) groups excluding carboxylic acids is 2. The SMILES string of the molecule is COc1ccc([Si](C)(C)[C@H]2[C@H](CCn3cc(CCO)nn3)O[C@@]3(C(=O)N(C)c4ccc(NC(=O)Cc5c[nH]c6ccccc56)cc43)[C@@H]2C)cc1. The van der Waals surface area contributed by atoms with Gasteiger partial charge in [-0.25, -0.2) is 0 Å². The lowest BCUT2D eigenvalue weighted by molar-refractivity contribution is -0.145. The number of amides is 2. The van der Waals surface area contributed by atoms with E-state index in [4.69, 9.17) is 9.47 Å². The highest BCUT2D eigenvalue weighted by atomic mass is 28.3. The molecule has 0 radical (unpaired) electrons. The Kier molecular flexibility index (Phi) is 8.87. The molecule has 0 unspecified atom stereocenters. The molecule has 11 nitrogen and oxygen atoms in total. The summed E-state index contributed by atoms with van der Waals surface area (Å²) in [5.74, 6) is 0.387. The molecule has 1 fully saturated rings. The first-order chi connectivity index (χ1) is 24.1. The largest absolute Gasteiger partial charge is 0.497 e. The lowest BCUT2D eigenvalue weighted by Gasteiger charge is -2.37. The smallest absolute Gasteiger partial charge is 0.264 e. The number of nitrogens with one attached hydrogen (secondary N) is 2. The Hall–Kier alpha value is -4.78. The van der Waals surface area contributed by atoms with Crippen LogP contribution in [0.15, 0.2) is 79.1 Å². The van der Waals surface area contributed by atoms with Crippen LogP contribution in [0.3, 0.4) is 0 Å². The molecule has 50 heavy (non-hydrogen) atoms. The van der Waals surface area contributed by atoms with E-state index in [2.05, 4.69) is 52.8 Å². The van der Waals surface area contributed by atoms with E-state index in [0.29, 0.717) is 25.1 Å². The van der Waals surface area contributed by atoms with Crippen molar-refractivity contribution in [2.24, 2.45) is 5.92 Å². The van der Waals surface area contributed by atoms with Gasteiger partial charge in [-0.1, -0.05) is 60.7 Å². The highest BCUT2D eigenvalue weighted by Gasteiger charge is 2.65. The van der Waals surface area contributed by atoms with Crippen LogP contribution in [0, 0.1) is 5.92 Å². The van der Waals surface area contributed by atoms with Gasteiger partial charge in [-0.05, 0) is 53.9 Å². The normalized spacial score (nSPS) is 21.7. The zero-order valence-corrected chi connectivity index (χ0v) is 30.1. The van der Waals surface area contributed by atoms with Crippen molar-refractivity contribution < 1.29 is 24.2 Å². The maximum atomic E-state index is 14.5. The lowest BCUT2D eigenvalue weighted by atomic mass is 9.82. The van der Waals surface area contributed by atoms with Gasteiger partial charge in [0.2, 0.25) is 5.91 Å². The predicted octanol–water partition coefficient (Wildman–Crippen LogP) is 4.77. The number of hydrogen-bond donors (Lipinski definition) is 3. The summed E-state index contributed by atoms with van der Waals surface area (Å²) in [4.78, 5) is 32.8. The van der Waals surface area contributed by atoms with Gasteiger partial charge in [0, 0.05) is 67.1 Å². The fourth-order valence-corrected chi connectivity index (χ4v) is 12.4. The van der Waals surface area contributed by atoms with Crippen LogP contribution < -0.4 is 20.1 Å². The van der Waals surface area contributed by atoms with Gasteiger partial charge >= 0.3 is 0 Å². The summed E-state index contributed by atoms with van der Waals surface area (Å²) in [5, 5.41) is 23.2. The molecular weight excluding hydrogens is 649 g/mol. The number of likely N-dealkylation sites (N-methyl/N-ethyl adjacent to an activating group) is 1. The van der Waals surface area contributed by atoms with Crippen molar-refractivity contribution in [2.75, 3.05) is 31.0 Å². The molecule has 3 aromatic carbocycles. The van der Waals surface area contributed by atoms with Crippen molar-refractivity contribution in [3.05, 3.63) is 95.9 Å². The van der Waals surface area contributed by atoms with Crippen LogP contribution in [0.4, 0.5) is 11.4 Å². The first-order valence-corrected chi connectivity index (χ1v) is 20.2. The van der Waals surface area contributed by atoms with Crippen molar-refractivity contribution in [2.45, 2.75) is 63.1 Å². The maximum absolute atomic E-state index is 14.5. The first kappa shape index (κ1) is 33.7. The number of hydrogen-bond acceptors (Lipinski definition) is 7. The minimum atomic E-state index is -2.32. The van der Waals surface area contributed by atoms with Gasteiger partial charge in [-0.2, -0.15) is 0 Å². The number of H-pyrrole nitrogens is 1. The van der Waals surface area contributed by atoms with Crippen molar-refractivity contribution in [1.29, 1.82) is 0 Å². The second kappa shape index (κ2) is 13.2. The highest BCUT2D eigenvalue weighted by Crippen LogP contribution is 2.60. The number of aromatic nitrogens is 4. The average Bonchev–Trinajstić information content (AvgIpc) is 3.86. The highest BCUT2D eigenvalue weighted by molar-refractivity contribution is 6.91. The molecule has 2 aromatic heterocycles. The average molecular weight is 693 g/mol. The van der Waals surface area contributed by atoms with Gasteiger partial charge in [0.05, 0.1) is 39.1 Å². The van der Waals surface area contributed by atoms with E-state index in [1.54, 1.807) is 23.7 Å². The lowest BCUT2D eigenvalue weighted by Crippen LogP contribution is -2.51. The van der Waals surface area contributed by atoms with Gasteiger partial charge < -0.3 is 29.8 Å². The Bertz CT molecular complexity index is 2040. The number of aliphatic hydroxyl groups is 1. The molecule has 1 spiro atoms. The number of anilines is 2. The topological polar surface area (TPSA) is 135 Å². The molecule has 2 aliphatic rings. The molecule has 260 valence electrons. The maximum Gasteiger partial charge on any atom is 0.264 e. The van der Waals surface area contributed by atoms with E-state index in [-0.39, 0.29) is 42.4 Å². The summed E-state index contributed by atoms with van der Waals surface area (Å²) in [7, 11) is 1.14. The third kappa shape index (κ3) is 5.70. The van der Waals surface area contributed by atoms with Crippen LogP contribution in [0.1, 0.15) is 30.2 Å². The van der Waals surface area contributed by atoms with E-state index in [1.165, 1.54) is 5.19 Å². The van der Waals surface area contributed by atoms with Crippen molar-refractivity contribution in [3.8, 4) is 5.75 Å². The molecular formula is C38H44N6O5Si. The molecule has 12 heteroatoms. The fraction of sp³-hybridized carbons (Fsp3) is 0.368. The van der Waals surface area contributed by atoms with Crippen LogP contribution >= 0.6 is 0 Å². The molecule has 4 atom stereocenters. The molecule has 4 heterocycles. The summed E-state index contributed by atoms with van der Waals surface area (Å²) >= 11 is 0. The van der Waals surface area contributed by atoms with Crippen molar-refractivity contribution in [3.63, 3.8) is 0 Å². The van der Waals surface area contributed by atoms with Crippen molar-refractivity contribution >= 4 is 47.4 Å². The number of para-hydroxylation sites is 1. The minimum Gasteiger partial charge on any atom is -0.497 e. The summed E-state index contributed by atoms with van der Waals surface area (Å²) in [6.07, 6.45) is 4.76. The molecule has 0 bridgehead atoms. The van der Waals surface area contributed by atoms with Gasteiger partial charge in [0.25, 0.3) is 5.91 Å². The Morgan fingerprint density at radius 1 is 1.14 bits per heavy atom. The zero-order chi connectivity index (χ0) is 35.2. The summed E-state index contributed by atoms with van der Waals surface area (Å²) < 4.78 is 14.4. The Labute approximate surface area is 292 Å². The number of rotatable bonds is 11. The Morgan fingerprint density at radius 3 is 2.68 bits per heavy atom. The summed E-state index contributed by atoms with van der Waals surface area (Å²) in [6.45, 7) is 7.42. The molecule has 2 amide bonds. The van der Waals surface area contributed by atoms with E-state index < -0.39 is 13.7 Å². The van der Waals surface area contributed by atoms with Crippen LogP contribution in [0.5, 0.6) is 5.75 Å². The number of aromatic amines is 1. The molecule has 7 rings (SSSR count). The fourth-order valence-electron chi connectivity index (χ4n) is 8.36. The zero-order valence-electron chi connectivity index (χ0n) is 29.1. The number of methoxy groups -OCH3 is 1. The quantitative estimate of drug-likeness (QED) is 0.170. The van der Waals surface area contributed by atoms with Gasteiger partial charge in [-0.15, -0.1) is 5.10 Å². The van der Waals surface area contributed by atoms with E-state index in [9.17, 15) is 14.7 Å². The summed E-state index contributed by atoms with van der Waals surface area (Å²) in [5.41, 5.74) is 3.66. The third-order valence-corrected chi connectivity index (χ3v) is 15.2. The predicted molar refractivity (Wildman–Crippen MR) is 195 cm³/mol. The first-order valence-electron chi connectivity index (χ1n) is 17.2. The van der Waals surface area contributed by atoms with E-state index in [0.717, 1.165) is 39.2 Å². The minimum absolute atomic E-state index is 0.00863. The van der Waals surface area contributed by atoms with Gasteiger partial charge in [0.15, 0.2) is 5.60 Å². The standard InChI is InChI=1S/C38H44N6O5Si/c1-24-36(50(4,5)29-13-11-28(48-3)12-14-29)34(16-18-44-23-27(17-19-45)41-42-44)49-38(24)31-21-26(10-15-33(31)43(2)37(38)47)40-35(46)20-25-22-39-32-9-7-6-8-30(25)32/h6-15,21-24,34,36,39,45H,16-20H2,1-5H3,(H,40,46)/t24-,34+,36-,38+/m1/s1. The number of aliphatic hydroxyl groups excluding tert-OH is 1. The van der Waals surface area contributed by atoms with E-state index >= 15 is 0 Å². The number of benzene rings is 3. The third-order valence-electron chi connectivity index (χ3n) is 10.9. The molecule has 5 aromatic rings. The number of ether oxygens (including phenoxy) is 2. The van der Waals surface area contributed by atoms with Gasteiger partial charge in [0.1, 0.15) is 5.75 Å². The van der Waals surface area contributed by atoms with Crippen LogP contribution in [-0.2, 0) is 39.3 Å². The number of fused-ring (bicyclic) bond motifs is 3. The number of aryl methyl sites for hydroxylation is 1. The van der Waals surface area contributed by atoms with Crippen molar-refractivity contribution in [1.82, 2.24) is 20.0 Å². The monoisotopic (exact) mass is 692 g/mol. The van der Waals surface area contributed by atoms with Crippen LogP contribution in [0.25, 0.3) is 10.9 Å². The molecule has 0 aliphatic carbocycles. The molecule has 2 aliphatic heterocycles. The molecule has 0 saturated carbocycles. The molecule has 1 saturated heterocycles. The second-order valence-corrected chi connectivity index (χ2v) is 18.8. The van der Waals surface area contributed by atoms with Crippen LogP contribution in [0.2, 0.25) is 18.6 Å². The number of carbonyl (C=O) groups is 2. The van der Waals surface area contributed by atoms with Crippen LogP contribution in [-0.4, -0.2) is 71.8 Å². The van der Waals surface area contributed by atoms with Gasteiger partial charge in [-0.3, -0.25) is 14.3 Å². The Morgan fingerprint density at radius 2 is 1.92 bits per heavy atom. The van der Waals surface area contributed by atoms with E-state index in [1.807, 2.05) is 67.0 Å². The second-order valence-electron chi connectivity index (χ2n) is 14.1. The number of nitrogens with zero attached hydrogens (tertiary/aromatic N) is 4. The molecule has 3 N–H and O–H groups in total. The summed E-state index contributed by atoms with van der Waals surface area (Å²) in [6, 6.07) is 21.9. The Balaban J connectivity index is 1.22.